The predicted molar refractivity (Wildman–Crippen MR) is 89.3 cm³/mol. The third-order valence-electron chi connectivity index (χ3n) is 5.05. The third-order valence-corrected chi connectivity index (χ3v) is 5.05. The van der Waals surface area contributed by atoms with E-state index in [0.29, 0.717) is 11.8 Å². The Hall–Kier alpha value is -1.92. The molecule has 0 radical (unpaired) electrons. The molecule has 0 spiro atoms. The molecule has 128 valence electrons. The monoisotopic (exact) mass is 330 g/mol. The Kier molecular flexibility index (Phi) is 4.24. The zero-order valence-corrected chi connectivity index (χ0v) is 13.9. The minimum absolute atomic E-state index is 0.143. The highest BCUT2D eigenvalue weighted by Gasteiger charge is 2.37. The number of ether oxygens (including phenoxy) is 1. The lowest BCUT2D eigenvalue weighted by atomic mass is 10.1. The lowest BCUT2D eigenvalue weighted by Crippen LogP contribution is -2.49. The SMILES string of the molecule is Cn1ccnc1CN1CCN2C[C@H](Oc3cccc(F)c3)C[C@H]2C1. The molecule has 2 aliphatic rings. The molecule has 3 heterocycles. The molecule has 0 N–H and O–H groups in total. The van der Waals surface area contributed by atoms with Crippen LogP contribution in [0.25, 0.3) is 0 Å². The number of aromatic nitrogens is 2. The van der Waals surface area contributed by atoms with Gasteiger partial charge in [-0.05, 0) is 12.1 Å². The molecule has 0 bridgehead atoms. The highest BCUT2D eigenvalue weighted by Crippen LogP contribution is 2.26. The fraction of sp³-hybridized carbons (Fsp3) is 0.500. The van der Waals surface area contributed by atoms with Crippen molar-refractivity contribution in [2.45, 2.75) is 25.1 Å². The highest BCUT2D eigenvalue weighted by molar-refractivity contribution is 5.23. The molecule has 2 saturated heterocycles. The number of rotatable bonds is 4. The molecule has 2 aromatic rings. The predicted octanol–water partition coefficient (Wildman–Crippen LogP) is 1.90. The largest absolute Gasteiger partial charge is 0.489 e. The standard InChI is InChI=1S/C18H23FN4O/c1-21-6-5-20-18(21)13-22-7-8-23-12-17(10-15(23)11-22)24-16-4-2-3-14(19)9-16/h2-6,9,15,17H,7-8,10-13H2,1H3/t15-,17+/m0/s1. The van der Waals surface area contributed by atoms with Crippen molar-refractivity contribution < 1.29 is 9.13 Å². The van der Waals surface area contributed by atoms with E-state index in [2.05, 4.69) is 19.4 Å². The Morgan fingerprint density at radius 1 is 1.29 bits per heavy atom. The first kappa shape index (κ1) is 15.6. The summed E-state index contributed by atoms with van der Waals surface area (Å²) in [6.07, 6.45) is 4.98. The van der Waals surface area contributed by atoms with Crippen LogP contribution in [0.3, 0.4) is 0 Å². The molecular weight excluding hydrogens is 307 g/mol. The smallest absolute Gasteiger partial charge is 0.126 e. The quantitative estimate of drug-likeness (QED) is 0.857. The number of imidazole rings is 1. The van der Waals surface area contributed by atoms with Gasteiger partial charge in [0.15, 0.2) is 0 Å². The highest BCUT2D eigenvalue weighted by atomic mass is 19.1. The molecule has 1 aromatic heterocycles. The van der Waals surface area contributed by atoms with Gasteiger partial charge in [0.05, 0.1) is 6.54 Å². The first-order valence-electron chi connectivity index (χ1n) is 8.52. The maximum Gasteiger partial charge on any atom is 0.126 e. The van der Waals surface area contributed by atoms with Gasteiger partial charge in [-0.1, -0.05) is 6.07 Å². The van der Waals surface area contributed by atoms with Crippen LogP contribution in [0.4, 0.5) is 4.39 Å². The van der Waals surface area contributed by atoms with Gasteiger partial charge in [0, 0.05) is 64.1 Å². The molecule has 0 amide bonds. The van der Waals surface area contributed by atoms with E-state index in [4.69, 9.17) is 4.74 Å². The molecule has 1 aromatic carbocycles. The van der Waals surface area contributed by atoms with Crippen molar-refractivity contribution in [2.75, 3.05) is 26.2 Å². The zero-order chi connectivity index (χ0) is 16.5. The minimum atomic E-state index is -0.246. The summed E-state index contributed by atoms with van der Waals surface area (Å²) >= 11 is 0. The van der Waals surface area contributed by atoms with Gasteiger partial charge in [-0.2, -0.15) is 0 Å². The number of piperazine rings is 1. The molecule has 6 heteroatoms. The van der Waals surface area contributed by atoms with Gasteiger partial charge in [-0.3, -0.25) is 9.80 Å². The van der Waals surface area contributed by atoms with E-state index in [-0.39, 0.29) is 11.9 Å². The van der Waals surface area contributed by atoms with Crippen LogP contribution in [0.1, 0.15) is 12.2 Å². The van der Waals surface area contributed by atoms with Crippen LogP contribution >= 0.6 is 0 Å². The zero-order valence-electron chi connectivity index (χ0n) is 13.9. The second-order valence-electron chi connectivity index (χ2n) is 6.77. The maximum absolute atomic E-state index is 13.3. The van der Waals surface area contributed by atoms with E-state index in [1.807, 2.05) is 25.5 Å². The van der Waals surface area contributed by atoms with Crippen LogP contribution in [0, 0.1) is 5.82 Å². The Bertz CT molecular complexity index is 704. The first-order valence-corrected chi connectivity index (χ1v) is 8.52. The summed E-state index contributed by atoms with van der Waals surface area (Å²) in [4.78, 5) is 9.39. The van der Waals surface area contributed by atoms with Crippen LogP contribution in [-0.2, 0) is 13.6 Å². The Morgan fingerprint density at radius 3 is 3.00 bits per heavy atom. The topological polar surface area (TPSA) is 33.5 Å². The Labute approximate surface area is 141 Å². The fourth-order valence-electron chi connectivity index (χ4n) is 3.77. The van der Waals surface area contributed by atoms with E-state index in [0.717, 1.165) is 45.0 Å². The summed E-state index contributed by atoms with van der Waals surface area (Å²) in [6.45, 7) is 4.96. The Morgan fingerprint density at radius 2 is 2.21 bits per heavy atom. The van der Waals surface area contributed by atoms with Gasteiger partial charge in [0.1, 0.15) is 23.5 Å². The third kappa shape index (κ3) is 3.30. The molecule has 24 heavy (non-hydrogen) atoms. The van der Waals surface area contributed by atoms with Crippen LogP contribution in [0.5, 0.6) is 5.75 Å². The Balaban J connectivity index is 1.35. The van der Waals surface area contributed by atoms with Crippen molar-refractivity contribution in [3.05, 3.63) is 48.3 Å². The lowest BCUT2D eigenvalue weighted by molar-refractivity contribution is 0.0953. The number of benzene rings is 1. The molecule has 0 unspecified atom stereocenters. The van der Waals surface area contributed by atoms with Gasteiger partial charge >= 0.3 is 0 Å². The summed E-state index contributed by atoms with van der Waals surface area (Å²) in [5.41, 5.74) is 0. The molecule has 5 nitrogen and oxygen atoms in total. The van der Waals surface area contributed by atoms with Crippen LogP contribution in [-0.4, -0.2) is 57.7 Å². The van der Waals surface area contributed by atoms with Crippen LogP contribution < -0.4 is 4.74 Å². The van der Waals surface area contributed by atoms with E-state index in [1.165, 1.54) is 12.1 Å². The summed E-state index contributed by atoms with van der Waals surface area (Å²) in [7, 11) is 2.04. The normalized spacial score (nSPS) is 24.9. The molecule has 2 atom stereocenters. The summed E-state index contributed by atoms with van der Waals surface area (Å²) in [5.74, 6) is 1.49. The minimum Gasteiger partial charge on any atom is -0.489 e. The number of hydrogen-bond donors (Lipinski definition) is 0. The van der Waals surface area contributed by atoms with Gasteiger partial charge in [0.2, 0.25) is 0 Å². The second-order valence-corrected chi connectivity index (χ2v) is 6.77. The molecule has 2 fully saturated rings. The maximum atomic E-state index is 13.3. The van der Waals surface area contributed by atoms with Crippen LogP contribution in [0.15, 0.2) is 36.7 Å². The van der Waals surface area contributed by atoms with Crippen molar-refractivity contribution in [3.63, 3.8) is 0 Å². The number of hydrogen-bond acceptors (Lipinski definition) is 4. The number of fused-ring (bicyclic) bond motifs is 1. The number of aryl methyl sites for hydroxylation is 1. The van der Waals surface area contributed by atoms with Crippen molar-refractivity contribution in [1.82, 2.24) is 19.4 Å². The second kappa shape index (κ2) is 6.53. The average molecular weight is 330 g/mol. The van der Waals surface area contributed by atoms with E-state index in [9.17, 15) is 4.39 Å². The van der Waals surface area contributed by atoms with Crippen molar-refractivity contribution in [1.29, 1.82) is 0 Å². The average Bonchev–Trinajstić information content (AvgIpc) is 3.13. The van der Waals surface area contributed by atoms with Crippen LogP contribution in [0.2, 0.25) is 0 Å². The summed E-state index contributed by atoms with van der Waals surface area (Å²) in [5, 5.41) is 0. The number of nitrogens with zero attached hydrogens (tertiary/aromatic N) is 4. The first-order chi connectivity index (χ1) is 11.7. The van der Waals surface area contributed by atoms with Gasteiger partial charge in [-0.15, -0.1) is 0 Å². The van der Waals surface area contributed by atoms with E-state index < -0.39 is 0 Å². The van der Waals surface area contributed by atoms with Crippen molar-refractivity contribution in [2.24, 2.45) is 7.05 Å². The molecular formula is C18H23FN4O. The van der Waals surface area contributed by atoms with E-state index in [1.54, 1.807) is 6.07 Å². The molecule has 2 aliphatic heterocycles. The molecule has 0 aliphatic carbocycles. The van der Waals surface area contributed by atoms with Gasteiger partial charge in [-0.25, -0.2) is 9.37 Å². The lowest BCUT2D eigenvalue weighted by Gasteiger charge is -2.36. The fourth-order valence-corrected chi connectivity index (χ4v) is 3.77. The van der Waals surface area contributed by atoms with Crippen molar-refractivity contribution in [3.8, 4) is 5.75 Å². The molecule has 4 rings (SSSR count). The van der Waals surface area contributed by atoms with Gasteiger partial charge in [0.25, 0.3) is 0 Å². The van der Waals surface area contributed by atoms with Gasteiger partial charge < -0.3 is 9.30 Å². The number of halogens is 1. The van der Waals surface area contributed by atoms with Crippen molar-refractivity contribution >= 4 is 0 Å². The molecule has 0 saturated carbocycles. The summed E-state index contributed by atoms with van der Waals surface area (Å²) < 4.78 is 21.4. The summed E-state index contributed by atoms with van der Waals surface area (Å²) in [6, 6.07) is 6.94. The van der Waals surface area contributed by atoms with E-state index >= 15 is 0 Å².